The van der Waals surface area contributed by atoms with Crippen LogP contribution in [0.3, 0.4) is 0 Å². The second-order valence-electron chi connectivity index (χ2n) is 7.09. The molecule has 0 fully saturated rings. The first-order valence-corrected chi connectivity index (χ1v) is 11.9. The second-order valence-corrected chi connectivity index (χ2v) is 8.99. The van der Waals surface area contributed by atoms with E-state index in [2.05, 4.69) is 10.5 Å². The van der Waals surface area contributed by atoms with Gasteiger partial charge in [-0.3, -0.25) is 9.10 Å². The second kappa shape index (κ2) is 11.1. The van der Waals surface area contributed by atoms with E-state index in [0.29, 0.717) is 28.3 Å². The largest absolute Gasteiger partial charge is 0.497 e. The van der Waals surface area contributed by atoms with E-state index in [1.54, 1.807) is 72.8 Å². The fourth-order valence-electron chi connectivity index (χ4n) is 2.86. The Balaban J connectivity index is 1.57. The molecule has 10 heteroatoms. The number of rotatable bonds is 9. The molecule has 0 saturated heterocycles. The summed E-state index contributed by atoms with van der Waals surface area (Å²) < 4.78 is 35.7. The molecular formula is C24H23N3O6S. The van der Waals surface area contributed by atoms with Crippen LogP contribution in [0.4, 0.5) is 5.69 Å². The summed E-state index contributed by atoms with van der Waals surface area (Å²) >= 11 is 0. The van der Waals surface area contributed by atoms with Crippen LogP contribution in [0.2, 0.25) is 0 Å². The van der Waals surface area contributed by atoms with Crippen molar-refractivity contribution in [3.8, 4) is 11.5 Å². The first-order chi connectivity index (χ1) is 16.3. The predicted octanol–water partition coefficient (Wildman–Crippen LogP) is 2.83. The lowest BCUT2D eigenvalue weighted by molar-refractivity contribution is -0.119. The number of benzene rings is 3. The van der Waals surface area contributed by atoms with E-state index in [0.717, 1.165) is 10.6 Å². The summed E-state index contributed by atoms with van der Waals surface area (Å²) in [7, 11) is -2.21. The van der Waals surface area contributed by atoms with Crippen LogP contribution < -0.4 is 19.2 Å². The fraction of sp³-hybridized carbons (Fsp3) is 0.125. The van der Waals surface area contributed by atoms with Gasteiger partial charge in [0, 0.05) is 0 Å². The molecule has 34 heavy (non-hydrogen) atoms. The fourth-order valence-corrected chi connectivity index (χ4v) is 3.71. The summed E-state index contributed by atoms with van der Waals surface area (Å²) in [6.07, 6.45) is 2.40. The summed E-state index contributed by atoms with van der Waals surface area (Å²) in [5, 5.41) is 3.86. The highest BCUT2D eigenvalue weighted by Gasteiger charge is 2.20. The van der Waals surface area contributed by atoms with Crippen molar-refractivity contribution in [1.82, 2.24) is 5.43 Å². The summed E-state index contributed by atoms with van der Waals surface area (Å²) in [5.74, 6) is -0.169. The Kier molecular flexibility index (Phi) is 7.99. The molecular weight excluding hydrogens is 458 g/mol. The molecule has 0 heterocycles. The van der Waals surface area contributed by atoms with Gasteiger partial charge in [-0.15, -0.1) is 0 Å². The van der Waals surface area contributed by atoms with Gasteiger partial charge in [-0.05, 0) is 66.2 Å². The van der Waals surface area contributed by atoms with Gasteiger partial charge in [0.15, 0.2) is 0 Å². The molecule has 0 aromatic heterocycles. The number of amides is 1. The molecule has 0 atom stereocenters. The van der Waals surface area contributed by atoms with E-state index in [1.165, 1.54) is 13.3 Å². The molecule has 0 radical (unpaired) electrons. The monoisotopic (exact) mass is 481 g/mol. The van der Waals surface area contributed by atoms with Crippen molar-refractivity contribution in [2.75, 3.05) is 24.2 Å². The van der Waals surface area contributed by atoms with Gasteiger partial charge >= 0.3 is 5.97 Å². The Labute approximate surface area is 197 Å². The molecule has 0 spiro atoms. The van der Waals surface area contributed by atoms with E-state index in [4.69, 9.17) is 9.47 Å². The van der Waals surface area contributed by atoms with Crippen LogP contribution >= 0.6 is 0 Å². The Hall–Kier alpha value is -4.18. The van der Waals surface area contributed by atoms with Gasteiger partial charge in [-0.25, -0.2) is 18.6 Å². The highest BCUT2D eigenvalue weighted by molar-refractivity contribution is 7.92. The molecule has 176 valence electrons. The van der Waals surface area contributed by atoms with E-state index in [1.807, 2.05) is 6.07 Å². The summed E-state index contributed by atoms with van der Waals surface area (Å²) in [6.45, 7) is -0.448. The lowest BCUT2D eigenvalue weighted by Crippen LogP contribution is -2.39. The van der Waals surface area contributed by atoms with Crippen molar-refractivity contribution in [2.45, 2.75) is 0 Å². The standard InChI is InChI=1S/C24H23N3O6S/c1-32-21-14-10-20(11-15-21)27(34(2,30)31)17-23(28)26-25-16-18-8-12-22(13-9-18)33-24(29)19-6-4-3-5-7-19/h3-16H,17H2,1-2H3,(H,26,28)/b25-16-. The molecule has 3 aromatic carbocycles. The lowest BCUT2D eigenvalue weighted by atomic mass is 10.2. The number of methoxy groups -OCH3 is 1. The van der Waals surface area contributed by atoms with Crippen LogP contribution in [0.5, 0.6) is 11.5 Å². The number of nitrogens with zero attached hydrogens (tertiary/aromatic N) is 2. The third-order valence-corrected chi connectivity index (χ3v) is 5.69. The molecule has 9 nitrogen and oxygen atoms in total. The number of anilines is 1. The maximum absolute atomic E-state index is 12.3. The first-order valence-electron chi connectivity index (χ1n) is 10.1. The van der Waals surface area contributed by atoms with Gasteiger partial charge in [0.2, 0.25) is 10.0 Å². The molecule has 0 aliphatic rings. The molecule has 1 N–H and O–H groups in total. The Morgan fingerprint density at radius 2 is 1.56 bits per heavy atom. The van der Waals surface area contributed by atoms with E-state index in [9.17, 15) is 18.0 Å². The predicted molar refractivity (Wildman–Crippen MR) is 129 cm³/mol. The maximum atomic E-state index is 12.3. The maximum Gasteiger partial charge on any atom is 0.343 e. The topological polar surface area (TPSA) is 114 Å². The van der Waals surface area contributed by atoms with Gasteiger partial charge in [0.1, 0.15) is 18.0 Å². The molecule has 0 bridgehead atoms. The lowest BCUT2D eigenvalue weighted by Gasteiger charge is -2.21. The van der Waals surface area contributed by atoms with Crippen LogP contribution in [0, 0.1) is 0 Å². The van der Waals surface area contributed by atoms with E-state index >= 15 is 0 Å². The normalized spacial score (nSPS) is 11.1. The van der Waals surface area contributed by atoms with Crippen molar-refractivity contribution < 1.29 is 27.5 Å². The SMILES string of the molecule is COc1ccc(N(CC(=O)N/N=C\c2ccc(OC(=O)c3ccccc3)cc2)S(C)(=O)=O)cc1. The van der Waals surface area contributed by atoms with Crippen LogP contribution in [-0.4, -0.2) is 46.4 Å². The van der Waals surface area contributed by atoms with Crippen LogP contribution in [0.15, 0.2) is 84.0 Å². The van der Waals surface area contributed by atoms with Crippen molar-refractivity contribution in [3.63, 3.8) is 0 Å². The summed E-state index contributed by atoms with van der Waals surface area (Å²) in [4.78, 5) is 24.4. The van der Waals surface area contributed by atoms with Crippen LogP contribution in [-0.2, 0) is 14.8 Å². The van der Waals surface area contributed by atoms with Gasteiger partial charge in [0.05, 0.1) is 30.8 Å². The minimum Gasteiger partial charge on any atom is -0.497 e. The zero-order valence-electron chi connectivity index (χ0n) is 18.5. The van der Waals surface area contributed by atoms with Crippen LogP contribution in [0.25, 0.3) is 0 Å². The molecule has 0 aliphatic carbocycles. The first kappa shape index (κ1) is 24.5. The molecule has 3 aromatic rings. The van der Waals surface area contributed by atoms with Crippen molar-refractivity contribution in [3.05, 3.63) is 90.0 Å². The van der Waals surface area contributed by atoms with Crippen molar-refractivity contribution in [2.24, 2.45) is 5.10 Å². The number of carbonyl (C=O) groups is 2. The zero-order valence-corrected chi connectivity index (χ0v) is 19.4. The number of esters is 1. The van der Waals surface area contributed by atoms with E-state index in [-0.39, 0.29) is 0 Å². The molecule has 0 aliphatic heterocycles. The number of carbonyl (C=O) groups excluding carboxylic acids is 2. The van der Waals surface area contributed by atoms with Gasteiger partial charge in [0.25, 0.3) is 5.91 Å². The average molecular weight is 482 g/mol. The number of nitrogens with one attached hydrogen (secondary N) is 1. The quantitative estimate of drug-likeness (QED) is 0.218. The third-order valence-electron chi connectivity index (χ3n) is 4.55. The Morgan fingerprint density at radius 3 is 2.15 bits per heavy atom. The number of ether oxygens (including phenoxy) is 2. The number of hydrogen-bond donors (Lipinski definition) is 1. The highest BCUT2D eigenvalue weighted by atomic mass is 32.2. The smallest absolute Gasteiger partial charge is 0.343 e. The molecule has 1 amide bonds. The van der Waals surface area contributed by atoms with Crippen molar-refractivity contribution >= 4 is 33.8 Å². The molecule has 0 saturated carbocycles. The average Bonchev–Trinajstić information content (AvgIpc) is 2.83. The number of sulfonamides is 1. The van der Waals surface area contributed by atoms with Gasteiger partial charge in [-0.1, -0.05) is 18.2 Å². The Bertz CT molecular complexity index is 1260. The third kappa shape index (κ3) is 6.91. The highest BCUT2D eigenvalue weighted by Crippen LogP contribution is 2.21. The van der Waals surface area contributed by atoms with Gasteiger partial charge < -0.3 is 9.47 Å². The van der Waals surface area contributed by atoms with Gasteiger partial charge in [-0.2, -0.15) is 5.10 Å². The Morgan fingerprint density at radius 1 is 0.941 bits per heavy atom. The summed E-state index contributed by atoms with van der Waals surface area (Å²) in [5.41, 5.74) is 3.70. The number of hydrazone groups is 1. The minimum atomic E-state index is -3.71. The molecule has 3 rings (SSSR count). The van der Waals surface area contributed by atoms with Crippen molar-refractivity contribution in [1.29, 1.82) is 0 Å². The molecule has 0 unspecified atom stereocenters. The number of hydrogen-bond acceptors (Lipinski definition) is 7. The zero-order chi connectivity index (χ0) is 24.6. The van der Waals surface area contributed by atoms with Crippen LogP contribution in [0.1, 0.15) is 15.9 Å². The minimum absolute atomic E-state index is 0.322. The summed E-state index contributed by atoms with van der Waals surface area (Å²) in [6, 6.07) is 21.4. The van der Waals surface area contributed by atoms with E-state index < -0.39 is 28.4 Å².